The minimum absolute atomic E-state index is 0.531. The summed E-state index contributed by atoms with van der Waals surface area (Å²) >= 11 is 0. The summed E-state index contributed by atoms with van der Waals surface area (Å²) < 4.78 is 10.6. The Balaban J connectivity index is 1.81. The number of methoxy groups -OCH3 is 1. The van der Waals surface area contributed by atoms with Crippen LogP contribution in [0, 0.1) is 5.92 Å². The molecular weight excluding hydrogens is 266 g/mol. The Bertz CT molecular complexity index is 426. The number of nitrogens with one attached hydrogen (secondary N) is 1. The maximum atomic E-state index is 5.51. The normalized spacial score (nSPS) is 17.7. The lowest BCUT2D eigenvalue weighted by atomic mass is 9.87. The van der Waals surface area contributed by atoms with Crippen molar-refractivity contribution in [2.75, 3.05) is 33.4 Å². The fourth-order valence-corrected chi connectivity index (χ4v) is 2.66. The van der Waals surface area contributed by atoms with Crippen LogP contribution in [0.5, 0.6) is 0 Å². The summed E-state index contributed by atoms with van der Waals surface area (Å²) in [5, 5.41) is 3.45. The average Bonchev–Trinajstić information content (AvgIpc) is 2.52. The second-order valence-corrected chi connectivity index (χ2v) is 5.62. The summed E-state index contributed by atoms with van der Waals surface area (Å²) in [5.74, 6) is 1.50. The predicted molar refractivity (Wildman–Crippen MR) is 82.2 cm³/mol. The van der Waals surface area contributed by atoms with Crippen molar-refractivity contribution in [3.05, 3.63) is 23.3 Å². The highest BCUT2D eigenvalue weighted by Gasteiger charge is 2.20. The molecule has 1 aliphatic rings. The lowest BCUT2D eigenvalue weighted by Gasteiger charge is -2.24. The molecule has 5 heteroatoms. The molecule has 118 valence electrons. The number of hydrogen-bond donors (Lipinski definition) is 1. The SMILES string of the molecule is CCCOCc1ncc2c(n1)CCC(CNCCOC)C2. The van der Waals surface area contributed by atoms with Crippen LogP contribution in [0.15, 0.2) is 6.20 Å². The van der Waals surface area contributed by atoms with Gasteiger partial charge in [0, 0.05) is 32.2 Å². The van der Waals surface area contributed by atoms with Gasteiger partial charge in [0.25, 0.3) is 0 Å². The molecule has 21 heavy (non-hydrogen) atoms. The molecule has 2 rings (SSSR count). The molecule has 0 bridgehead atoms. The number of nitrogens with zero attached hydrogens (tertiary/aromatic N) is 2. The Hall–Kier alpha value is -1.04. The van der Waals surface area contributed by atoms with Crippen molar-refractivity contribution in [1.29, 1.82) is 0 Å². The van der Waals surface area contributed by atoms with E-state index in [2.05, 4.69) is 22.2 Å². The smallest absolute Gasteiger partial charge is 0.154 e. The maximum absolute atomic E-state index is 5.51. The second kappa shape index (κ2) is 9.07. The van der Waals surface area contributed by atoms with E-state index in [9.17, 15) is 0 Å². The van der Waals surface area contributed by atoms with E-state index < -0.39 is 0 Å². The third-order valence-electron chi connectivity index (χ3n) is 3.80. The number of aryl methyl sites for hydroxylation is 1. The lowest BCUT2D eigenvalue weighted by molar-refractivity contribution is 0.115. The molecule has 1 aromatic rings. The molecule has 5 nitrogen and oxygen atoms in total. The summed E-state index contributed by atoms with van der Waals surface area (Å²) in [4.78, 5) is 9.08. The molecule has 0 aliphatic heterocycles. The van der Waals surface area contributed by atoms with Crippen molar-refractivity contribution >= 4 is 0 Å². The standard InChI is InChI=1S/C16H27N3O2/c1-3-7-21-12-16-18-11-14-9-13(4-5-15(14)19-16)10-17-6-8-20-2/h11,13,17H,3-10,12H2,1-2H3. The Labute approximate surface area is 127 Å². The second-order valence-electron chi connectivity index (χ2n) is 5.62. The van der Waals surface area contributed by atoms with Gasteiger partial charge < -0.3 is 14.8 Å². The first-order valence-corrected chi connectivity index (χ1v) is 7.94. The van der Waals surface area contributed by atoms with Crippen LogP contribution in [0.1, 0.15) is 36.8 Å². The quantitative estimate of drug-likeness (QED) is 0.703. The summed E-state index contributed by atoms with van der Waals surface area (Å²) in [5.41, 5.74) is 2.52. The van der Waals surface area contributed by atoms with E-state index in [-0.39, 0.29) is 0 Å². The highest BCUT2D eigenvalue weighted by Crippen LogP contribution is 2.23. The monoisotopic (exact) mass is 293 g/mol. The van der Waals surface area contributed by atoms with Crippen molar-refractivity contribution in [1.82, 2.24) is 15.3 Å². The van der Waals surface area contributed by atoms with Gasteiger partial charge in [-0.1, -0.05) is 6.92 Å². The topological polar surface area (TPSA) is 56.3 Å². The van der Waals surface area contributed by atoms with Gasteiger partial charge in [-0.15, -0.1) is 0 Å². The van der Waals surface area contributed by atoms with E-state index in [4.69, 9.17) is 9.47 Å². The van der Waals surface area contributed by atoms with Gasteiger partial charge in [-0.2, -0.15) is 0 Å². The number of hydrogen-bond acceptors (Lipinski definition) is 5. The van der Waals surface area contributed by atoms with E-state index in [1.807, 2.05) is 6.20 Å². The van der Waals surface area contributed by atoms with Gasteiger partial charge in [0.1, 0.15) is 6.61 Å². The molecule has 1 heterocycles. The number of aromatic nitrogens is 2. The van der Waals surface area contributed by atoms with Crippen LogP contribution in [0.4, 0.5) is 0 Å². The molecule has 0 saturated heterocycles. The third kappa shape index (κ3) is 5.34. The van der Waals surface area contributed by atoms with Gasteiger partial charge in [0.15, 0.2) is 5.82 Å². The van der Waals surface area contributed by atoms with Gasteiger partial charge in [-0.3, -0.25) is 0 Å². The summed E-state index contributed by atoms with van der Waals surface area (Å²) in [7, 11) is 1.73. The Morgan fingerprint density at radius 1 is 1.38 bits per heavy atom. The Kier molecular flexibility index (Phi) is 7.06. The van der Waals surface area contributed by atoms with E-state index in [1.165, 1.54) is 17.7 Å². The fourth-order valence-electron chi connectivity index (χ4n) is 2.66. The molecule has 0 fully saturated rings. The van der Waals surface area contributed by atoms with Crippen LogP contribution in [0.25, 0.3) is 0 Å². The van der Waals surface area contributed by atoms with Gasteiger partial charge in [0.05, 0.1) is 6.61 Å². The Morgan fingerprint density at radius 2 is 2.29 bits per heavy atom. The number of rotatable bonds is 9. The Morgan fingerprint density at radius 3 is 3.10 bits per heavy atom. The first-order chi connectivity index (χ1) is 10.3. The molecular formula is C16H27N3O2. The summed E-state index contributed by atoms with van der Waals surface area (Å²) in [6, 6.07) is 0. The first-order valence-electron chi connectivity index (χ1n) is 7.94. The maximum Gasteiger partial charge on any atom is 0.154 e. The van der Waals surface area contributed by atoms with Crippen LogP contribution in [-0.2, 0) is 28.9 Å². The zero-order chi connectivity index (χ0) is 14.9. The molecule has 1 unspecified atom stereocenters. The van der Waals surface area contributed by atoms with Crippen molar-refractivity contribution in [3.63, 3.8) is 0 Å². The first kappa shape index (κ1) is 16.3. The van der Waals surface area contributed by atoms with E-state index in [0.29, 0.717) is 12.5 Å². The molecule has 0 spiro atoms. The summed E-state index contributed by atoms with van der Waals surface area (Å²) in [6.45, 7) is 6.15. The van der Waals surface area contributed by atoms with Gasteiger partial charge in [0.2, 0.25) is 0 Å². The van der Waals surface area contributed by atoms with Crippen LogP contribution in [-0.4, -0.2) is 43.4 Å². The average molecular weight is 293 g/mol. The van der Waals surface area contributed by atoms with Gasteiger partial charge in [-0.05, 0) is 43.7 Å². The van der Waals surface area contributed by atoms with Crippen molar-refractivity contribution in [2.24, 2.45) is 5.92 Å². The van der Waals surface area contributed by atoms with Crippen molar-refractivity contribution in [2.45, 2.75) is 39.2 Å². The molecule has 0 saturated carbocycles. The van der Waals surface area contributed by atoms with Gasteiger partial charge >= 0.3 is 0 Å². The lowest BCUT2D eigenvalue weighted by Crippen LogP contribution is -2.30. The molecule has 1 aliphatic carbocycles. The number of ether oxygens (including phenoxy) is 2. The van der Waals surface area contributed by atoms with Crippen LogP contribution in [0.3, 0.4) is 0 Å². The highest BCUT2D eigenvalue weighted by atomic mass is 16.5. The van der Waals surface area contributed by atoms with E-state index in [0.717, 1.165) is 51.4 Å². The molecule has 1 N–H and O–H groups in total. The molecule has 0 aromatic carbocycles. The van der Waals surface area contributed by atoms with Crippen LogP contribution >= 0.6 is 0 Å². The van der Waals surface area contributed by atoms with Gasteiger partial charge in [-0.25, -0.2) is 9.97 Å². The molecule has 0 amide bonds. The van der Waals surface area contributed by atoms with Crippen molar-refractivity contribution < 1.29 is 9.47 Å². The minimum atomic E-state index is 0.531. The van der Waals surface area contributed by atoms with Crippen LogP contribution < -0.4 is 5.32 Å². The van der Waals surface area contributed by atoms with E-state index >= 15 is 0 Å². The zero-order valence-corrected chi connectivity index (χ0v) is 13.2. The van der Waals surface area contributed by atoms with Crippen molar-refractivity contribution in [3.8, 4) is 0 Å². The predicted octanol–water partition coefficient (Wildman–Crippen LogP) is 1.74. The third-order valence-corrected chi connectivity index (χ3v) is 3.80. The minimum Gasteiger partial charge on any atom is -0.383 e. The molecule has 0 radical (unpaired) electrons. The largest absolute Gasteiger partial charge is 0.383 e. The molecule has 1 atom stereocenters. The fraction of sp³-hybridized carbons (Fsp3) is 0.750. The number of fused-ring (bicyclic) bond motifs is 1. The summed E-state index contributed by atoms with van der Waals surface area (Å²) in [6.07, 6.45) is 6.34. The highest BCUT2D eigenvalue weighted by molar-refractivity contribution is 5.21. The van der Waals surface area contributed by atoms with Crippen LogP contribution in [0.2, 0.25) is 0 Å². The molecule has 1 aromatic heterocycles. The van der Waals surface area contributed by atoms with E-state index in [1.54, 1.807) is 7.11 Å². The zero-order valence-electron chi connectivity index (χ0n) is 13.2.